The molecule has 40 heavy (non-hydrogen) atoms. The van der Waals surface area contributed by atoms with Gasteiger partial charge in [-0.15, -0.1) is 0 Å². The highest BCUT2D eigenvalue weighted by Gasteiger charge is 2.47. The van der Waals surface area contributed by atoms with Crippen LogP contribution in [-0.4, -0.2) is 48.6 Å². The van der Waals surface area contributed by atoms with Crippen LogP contribution in [0.5, 0.6) is 11.5 Å². The number of Topliss-reactive ketones (excluding diaryl/α,β-unsaturated/α-hetero) is 1. The van der Waals surface area contributed by atoms with Gasteiger partial charge in [0.1, 0.15) is 17.1 Å². The van der Waals surface area contributed by atoms with Gasteiger partial charge in [0.05, 0.1) is 31.5 Å². The lowest BCUT2D eigenvalue weighted by Crippen LogP contribution is -2.31. The van der Waals surface area contributed by atoms with Crippen molar-refractivity contribution in [2.45, 2.75) is 13.0 Å². The lowest BCUT2D eigenvalue weighted by atomic mass is 9.95. The van der Waals surface area contributed by atoms with Crippen molar-refractivity contribution in [2.75, 3.05) is 25.7 Å². The maximum Gasteiger partial charge on any atom is 0.350 e. The number of aliphatic hydroxyl groups is 1. The second-order valence-corrected chi connectivity index (χ2v) is 9.71. The van der Waals surface area contributed by atoms with Crippen molar-refractivity contribution in [2.24, 2.45) is 0 Å². The Labute approximate surface area is 232 Å². The van der Waals surface area contributed by atoms with Crippen LogP contribution in [-0.2, 0) is 9.53 Å². The SMILES string of the molecule is C=CCOC(=O)c1sc(N2C(=O)C(O)=C(C(=O)c3cc4ccccc4o3)C2c2ccc(OC)c(OC)c2)nc1C. The molecule has 204 valence electrons. The Morgan fingerprint density at radius 1 is 1.15 bits per heavy atom. The maximum atomic E-state index is 13.9. The van der Waals surface area contributed by atoms with Gasteiger partial charge in [0, 0.05) is 5.39 Å². The van der Waals surface area contributed by atoms with E-state index in [0.717, 1.165) is 11.3 Å². The molecule has 0 spiro atoms. The van der Waals surface area contributed by atoms with Crippen molar-refractivity contribution in [3.63, 3.8) is 0 Å². The first-order valence-electron chi connectivity index (χ1n) is 12.1. The zero-order valence-electron chi connectivity index (χ0n) is 21.8. The molecule has 2 aromatic heterocycles. The van der Waals surface area contributed by atoms with Crippen molar-refractivity contribution in [3.05, 3.63) is 94.4 Å². The van der Waals surface area contributed by atoms with Crippen LogP contribution in [0.4, 0.5) is 5.13 Å². The molecule has 1 atom stereocenters. The first kappa shape index (κ1) is 26.7. The largest absolute Gasteiger partial charge is 0.503 e. The van der Waals surface area contributed by atoms with E-state index in [2.05, 4.69) is 11.6 Å². The van der Waals surface area contributed by atoms with Gasteiger partial charge < -0.3 is 23.7 Å². The third-order valence-corrected chi connectivity index (χ3v) is 7.47. The van der Waals surface area contributed by atoms with Gasteiger partial charge in [-0.05, 0) is 36.8 Å². The van der Waals surface area contributed by atoms with Crippen LogP contribution >= 0.6 is 11.3 Å². The Hall–Kier alpha value is -4.90. The second-order valence-electron chi connectivity index (χ2n) is 8.73. The Kier molecular flexibility index (Phi) is 7.14. The number of hydrogen-bond acceptors (Lipinski definition) is 10. The highest BCUT2D eigenvalue weighted by Crippen LogP contribution is 2.45. The molecule has 0 fully saturated rings. The monoisotopic (exact) mass is 560 g/mol. The molecule has 0 radical (unpaired) electrons. The molecule has 1 aliphatic heterocycles. The maximum absolute atomic E-state index is 13.9. The van der Waals surface area contributed by atoms with E-state index in [9.17, 15) is 19.5 Å². The molecule has 11 heteroatoms. The number of hydrogen-bond donors (Lipinski definition) is 1. The molecule has 0 saturated carbocycles. The number of thiazole rings is 1. The minimum Gasteiger partial charge on any atom is -0.503 e. The van der Waals surface area contributed by atoms with Crippen LogP contribution < -0.4 is 14.4 Å². The molecule has 3 heterocycles. The average Bonchev–Trinajstić information content (AvgIpc) is 3.64. The second kappa shape index (κ2) is 10.7. The quantitative estimate of drug-likeness (QED) is 0.164. The number of aryl methyl sites for hydroxylation is 1. The van der Waals surface area contributed by atoms with Crippen LogP contribution in [0.1, 0.15) is 37.5 Å². The van der Waals surface area contributed by atoms with Crippen LogP contribution in [0, 0.1) is 6.92 Å². The molecular weight excluding hydrogens is 536 g/mol. The summed E-state index contributed by atoms with van der Waals surface area (Å²) >= 11 is 0.907. The summed E-state index contributed by atoms with van der Waals surface area (Å²) in [5, 5.41) is 11.9. The normalized spacial score (nSPS) is 15.0. The summed E-state index contributed by atoms with van der Waals surface area (Å²) in [6, 6.07) is 12.4. The summed E-state index contributed by atoms with van der Waals surface area (Å²) in [4.78, 5) is 45.8. The van der Waals surface area contributed by atoms with Crippen LogP contribution in [0.15, 0.2) is 76.9 Å². The molecular formula is C29H24N2O8S. The number of nitrogens with zero attached hydrogens (tertiary/aromatic N) is 2. The van der Waals surface area contributed by atoms with Crippen molar-refractivity contribution < 1.29 is 38.1 Å². The number of para-hydroxylation sites is 1. The van der Waals surface area contributed by atoms with Gasteiger partial charge >= 0.3 is 5.97 Å². The number of fused-ring (bicyclic) bond motifs is 1. The number of benzene rings is 2. The number of rotatable bonds is 9. The molecule has 0 bridgehead atoms. The first-order valence-corrected chi connectivity index (χ1v) is 12.9. The molecule has 5 rings (SSSR count). The number of anilines is 1. The number of furan rings is 1. The minimum atomic E-state index is -1.13. The lowest BCUT2D eigenvalue weighted by molar-refractivity contribution is -0.117. The Morgan fingerprint density at radius 2 is 1.90 bits per heavy atom. The molecule has 10 nitrogen and oxygen atoms in total. The molecule has 0 aliphatic carbocycles. The zero-order chi connectivity index (χ0) is 28.6. The summed E-state index contributed by atoms with van der Waals surface area (Å²) in [6.07, 6.45) is 1.43. The van der Waals surface area contributed by atoms with E-state index >= 15 is 0 Å². The van der Waals surface area contributed by atoms with Crippen LogP contribution in [0.25, 0.3) is 11.0 Å². The van der Waals surface area contributed by atoms with E-state index in [-0.39, 0.29) is 27.9 Å². The topological polar surface area (TPSA) is 128 Å². The molecule has 1 aliphatic rings. The number of carbonyl (C=O) groups is 3. The summed E-state index contributed by atoms with van der Waals surface area (Å²) in [5.41, 5.74) is 1.02. The summed E-state index contributed by atoms with van der Waals surface area (Å²) in [5.74, 6) is -2.20. The number of esters is 1. The molecule has 1 unspecified atom stereocenters. The average molecular weight is 561 g/mol. The highest BCUT2D eigenvalue weighted by molar-refractivity contribution is 7.17. The standard InChI is InChI=1S/C29H24N2O8S/c1-5-12-38-28(35)26-15(2)30-29(40-26)31-23(17-10-11-19(36-3)20(14-17)37-4)22(25(33)27(31)34)24(32)21-13-16-8-6-7-9-18(16)39-21/h5-11,13-14,23,33H,1,12H2,2-4H3. The predicted molar refractivity (Wildman–Crippen MR) is 147 cm³/mol. The summed E-state index contributed by atoms with van der Waals surface area (Å²) < 4.78 is 21.7. The van der Waals surface area contributed by atoms with E-state index in [1.165, 1.54) is 25.2 Å². The summed E-state index contributed by atoms with van der Waals surface area (Å²) in [7, 11) is 2.94. The smallest absolute Gasteiger partial charge is 0.350 e. The summed E-state index contributed by atoms with van der Waals surface area (Å²) in [6.45, 7) is 5.14. The van der Waals surface area contributed by atoms with Crippen LogP contribution in [0.3, 0.4) is 0 Å². The fourth-order valence-electron chi connectivity index (χ4n) is 4.47. The number of ketones is 1. The first-order chi connectivity index (χ1) is 19.3. The minimum absolute atomic E-state index is 0.000906. The molecule has 2 aromatic carbocycles. The van der Waals surface area contributed by atoms with Gasteiger partial charge in [0.15, 0.2) is 28.1 Å². The molecule has 4 aromatic rings. The van der Waals surface area contributed by atoms with E-state index in [1.54, 1.807) is 55.5 Å². The fraction of sp³-hybridized carbons (Fsp3) is 0.172. The number of amides is 1. The lowest BCUT2D eigenvalue weighted by Gasteiger charge is -2.25. The van der Waals surface area contributed by atoms with E-state index in [4.69, 9.17) is 18.6 Å². The number of ether oxygens (including phenoxy) is 3. The van der Waals surface area contributed by atoms with Crippen molar-refractivity contribution in [3.8, 4) is 11.5 Å². The van der Waals surface area contributed by atoms with E-state index < -0.39 is 29.5 Å². The number of aromatic nitrogens is 1. The van der Waals surface area contributed by atoms with E-state index in [1.807, 2.05) is 0 Å². The predicted octanol–water partition coefficient (Wildman–Crippen LogP) is 5.34. The van der Waals surface area contributed by atoms with Gasteiger partial charge in [0.25, 0.3) is 5.91 Å². The number of methoxy groups -OCH3 is 2. The van der Waals surface area contributed by atoms with Gasteiger partial charge in [-0.1, -0.05) is 48.3 Å². The van der Waals surface area contributed by atoms with Crippen molar-refractivity contribution >= 4 is 45.1 Å². The Bertz CT molecular complexity index is 1670. The van der Waals surface area contributed by atoms with Crippen molar-refractivity contribution in [1.82, 2.24) is 4.98 Å². The van der Waals surface area contributed by atoms with Crippen LogP contribution in [0.2, 0.25) is 0 Å². The molecule has 1 amide bonds. The highest BCUT2D eigenvalue weighted by atomic mass is 32.1. The van der Waals surface area contributed by atoms with Crippen molar-refractivity contribution in [1.29, 1.82) is 0 Å². The third-order valence-electron chi connectivity index (χ3n) is 6.33. The van der Waals surface area contributed by atoms with Gasteiger partial charge in [0.2, 0.25) is 5.78 Å². The van der Waals surface area contributed by atoms with Gasteiger partial charge in [-0.2, -0.15) is 0 Å². The molecule has 0 saturated heterocycles. The van der Waals surface area contributed by atoms with Gasteiger partial charge in [-0.25, -0.2) is 9.78 Å². The van der Waals surface area contributed by atoms with Gasteiger partial charge in [-0.3, -0.25) is 14.5 Å². The van der Waals surface area contributed by atoms with E-state index in [0.29, 0.717) is 33.7 Å². The Balaban J connectivity index is 1.65. The molecule has 1 N–H and O–H groups in total. The number of carbonyl (C=O) groups excluding carboxylic acids is 3. The fourth-order valence-corrected chi connectivity index (χ4v) is 5.46. The Morgan fingerprint density at radius 3 is 2.60 bits per heavy atom. The zero-order valence-corrected chi connectivity index (χ0v) is 22.6. The third kappa shape index (κ3) is 4.50. The number of aliphatic hydroxyl groups excluding tert-OH is 1.